The van der Waals surface area contributed by atoms with Crippen molar-refractivity contribution in [3.8, 4) is 11.5 Å². The molecule has 8 heteroatoms. The van der Waals surface area contributed by atoms with Crippen molar-refractivity contribution >= 4 is 12.4 Å². The number of ether oxygens (including phenoxy) is 2. The topological polar surface area (TPSA) is 109 Å². The monoisotopic (exact) mass is 586 g/mol. The second-order valence-corrected chi connectivity index (χ2v) is 10.1. The van der Waals surface area contributed by atoms with Crippen molar-refractivity contribution in [1.82, 2.24) is 9.97 Å². The van der Waals surface area contributed by atoms with Crippen LogP contribution in [0.2, 0.25) is 0 Å². The van der Waals surface area contributed by atoms with E-state index in [4.69, 9.17) is 19.5 Å². The number of aromatic nitrogens is 2. The highest BCUT2D eigenvalue weighted by atomic mass is 16.5. The molecule has 44 heavy (non-hydrogen) atoms. The van der Waals surface area contributed by atoms with Gasteiger partial charge in [-0.1, -0.05) is 84.9 Å². The Bertz CT molecular complexity index is 1490. The Balaban J connectivity index is 1.13. The predicted octanol–water partition coefficient (Wildman–Crippen LogP) is 6.64. The summed E-state index contributed by atoms with van der Waals surface area (Å²) >= 11 is 0. The summed E-state index contributed by atoms with van der Waals surface area (Å²) in [6, 6.07) is 34.4. The van der Waals surface area contributed by atoms with Gasteiger partial charge in [0.2, 0.25) is 0 Å². The first-order valence-corrected chi connectivity index (χ1v) is 14.3. The third kappa shape index (κ3) is 9.42. The van der Waals surface area contributed by atoms with Crippen LogP contribution in [0.15, 0.2) is 132 Å². The molecule has 5 aromatic rings. The molecule has 0 saturated heterocycles. The van der Waals surface area contributed by atoms with Crippen LogP contribution in [0.1, 0.15) is 45.7 Å². The molecule has 0 amide bonds. The fourth-order valence-electron chi connectivity index (χ4n) is 4.39. The fraction of sp³-hybridized carbons (Fsp3) is 0.167. The Hall–Kier alpha value is -5.18. The lowest BCUT2D eigenvalue weighted by atomic mass is 10.1. The van der Waals surface area contributed by atoms with Crippen LogP contribution < -0.4 is 0 Å². The number of rotatable bonds is 14. The summed E-state index contributed by atoms with van der Waals surface area (Å²) in [4.78, 5) is 17.8. The molecule has 0 radical (unpaired) electrons. The van der Waals surface area contributed by atoms with Crippen LogP contribution in [0.4, 0.5) is 0 Å². The van der Waals surface area contributed by atoms with Gasteiger partial charge in [-0.2, -0.15) is 0 Å². The maximum absolute atomic E-state index is 9.48. The highest BCUT2D eigenvalue weighted by Crippen LogP contribution is 2.20. The number of pyridine rings is 2. The third-order valence-electron chi connectivity index (χ3n) is 6.80. The SMILES string of the molecule is Oc1ccc(/C=N/[C@@H](COCc2ccc(COC[C@H](/N=C/c3ccc(O)cn3)c3ccccc3)cc2)c2ccccc2)nc1. The van der Waals surface area contributed by atoms with E-state index in [2.05, 4.69) is 9.97 Å². The van der Waals surface area contributed by atoms with Gasteiger partial charge in [0.25, 0.3) is 0 Å². The van der Waals surface area contributed by atoms with E-state index in [0.717, 1.165) is 22.3 Å². The molecule has 0 aliphatic heterocycles. The van der Waals surface area contributed by atoms with Crippen LogP contribution in [0.5, 0.6) is 11.5 Å². The van der Waals surface area contributed by atoms with Crippen molar-refractivity contribution in [3.63, 3.8) is 0 Å². The van der Waals surface area contributed by atoms with E-state index in [1.165, 1.54) is 12.4 Å². The average Bonchev–Trinajstić information content (AvgIpc) is 3.07. The van der Waals surface area contributed by atoms with Crippen molar-refractivity contribution in [2.45, 2.75) is 25.3 Å². The molecule has 0 bridgehead atoms. The minimum absolute atomic E-state index is 0.118. The maximum atomic E-state index is 9.48. The van der Waals surface area contributed by atoms with Gasteiger partial charge in [0.05, 0.1) is 62.3 Å². The number of nitrogens with zero attached hydrogens (tertiary/aromatic N) is 4. The van der Waals surface area contributed by atoms with Crippen molar-refractivity contribution in [2.24, 2.45) is 9.98 Å². The van der Waals surface area contributed by atoms with Crippen LogP contribution in [0.25, 0.3) is 0 Å². The van der Waals surface area contributed by atoms with Gasteiger partial charge < -0.3 is 19.7 Å². The van der Waals surface area contributed by atoms with Gasteiger partial charge in [0.15, 0.2) is 0 Å². The average molecular weight is 587 g/mol. The lowest BCUT2D eigenvalue weighted by Crippen LogP contribution is -2.08. The Labute approximate surface area is 257 Å². The molecule has 0 saturated carbocycles. The summed E-state index contributed by atoms with van der Waals surface area (Å²) in [5, 5.41) is 19.0. The van der Waals surface area contributed by atoms with Gasteiger partial charge in [-0.15, -0.1) is 0 Å². The Kier molecular flexibility index (Phi) is 10.9. The lowest BCUT2D eigenvalue weighted by molar-refractivity contribution is 0.107. The normalized spacial score (nSPS) is 12.9. The lowest BCUT2D eigenvalue weighted by Gasteiger charge is -2.15. The molecule has 2 atom stereocenters. The van der Waals surface area contributed by atoms with E-state index in [1.54, 1.807) is 36.7 Å². The molecule has 2 heterocycles. The molecule has 0 aliphatic carbocycles. The Morgan fingerprint density at radius 3 is 1.32 bits per heavy atom. The van der Waals surface area contributed by atoms with E-state index in [0.29, 0.717) is 37.8 Å². The van der Waals surface area contributed by atoms with Crippen LogP contribution in [-0.4, -0.2) is 45.8 Å². The zero-order valence-electron chi connectivity index (χ0n) is 24.2. The van der Waals surface area contributed by atoms with Gasteiger partial charge in [-0.25, -0.2) is 0 Å². The molecule has 5 rings (SSSR count). The molecule has 0 aliphatic rings. The second-order valence-electron chi connectivity index (χ2n) is 10.1. The predicted molar refractivity (Wildman–Crippen MR) is 171 cm³/mol. The largest absolute Gasteiger partial charge is 0.506 e. The van der Waals surface area contributed by atoms with Crippen molar-refractivity contribution in [1.29, 1.82) is 0 Å². The third-order valence-corrected chi connectivity index (χ3v) is 6.80. The summed E-state index contributed by atoms with van der Waals surface area (Å²) < 4.78 is 12.1. The van der Waals surface area contributed by atoms with E-state index in [1.807, 2.05) is 84.9 Å². The summed E-state index contributed by atoms with van der Waals surface area (Å²) in [7, 11) is 0. The first-order chi connectivity index (χ1) is 21.6. The van der Waals surface area contributed by atoms with Gasteiger partial charge in [0.1, 0.15) is 11.5 Å². The van der Waals surface area contributed by atoms with Crippen LogP contribution in [0.3, 0.4) is 0 Å². The molecule has 0 fully saturated rings. The molecule has 2 N–H and O–H groups in total. The summed E-state index contributed by atoms with van der Waals surface area (Å²) in [6.45, 7) is 1.72. The van der Waals surface area contributed by atoms with Crippen LogP contribution >= 0.6 is 0 Å². The highest BCUT2D eigenvalue weighted by Gasteiger charge is 2.11. The van der Waals surface area contributed by atoms with E-state index >= 15 is 0 Å². The Morgan fingerprint density at radius 1 is 0.545 bits per heavy atom. The van der Waals surface area contributed by atoms with Gasteiger partial charge in [-0.3, -0.25) is 20.0 Å². The van der Waals surface area contributed by atoms with E-state index in [9.17, 15) is 10.2 Å². The Morgan fingerprint density at radius 2 is 0.955 bits per heavy atom. The highest BCUT2D eigenvalue weighted by molar-refractivity contribution is 5.77. The molecule has 2 aromatic heterocycles. The van der Waals surface area contributed by atoms with Crippen molar-refractivity contribution < 1.29 is 19.7 Å². The fourth-order valence-corrected chi connectivity index (χ4v) is 4.39. The molecule has 0 spiro atoms. The molecular weight excluding hydrogens is 552 g/mol. The number of hydrogen-bond donors (Lipinski definition) is 2. The number of hydrogen-bond acceptors (Lipinski definition) is 8. The van der Waals surface area contributed by atoms with Gasteiger partial charge in [-0.05, 0) is 46.5 Å². The van der Waals surface area contributed by atoms with Gasteiger partial charge in [0, 0.05) is 12.4 Å². The van der Waals surface area contributed by atoms with Crippen molar-refractivity contribution in [2.75, 3.05) is 13.2 Å². The standard InChI is InChI=1S/C36H34N4O4/c41-33-17-15-31(37-21-33)19-39-35(29-7-3-1-4-8-29)25-43-23-27-11-13-28(14-12-27)24-44-26-36(30-9-5-2-6-10-30)40-20-32-16-18-34(42)22-38-32/h1-22,35-36,41-42H,23-26H2/b39-19+,40-20+/t35-,36-/m0/s1. The van der Waals surface area contributed by atoms with Crippen LogP contribution in [0, 0.1) is 0 Å². The van der Waals surface area contributed by atoms with Crippen molar-refractivity contribution in [3.05, 3.63) is 155 Å². The smallest absolute Gasteiger partial charge is 0.133 e. The first kappa shape index (κ1) is 30.3. The number of benzene rings is 3. The van der Waals surface area contributed by atoms with Crippen LogP contribution in [-0.2, 0) is 22.7 Å². The molecular formula is C36H34N4O4. The summed E-state index contributed by atoms with van der Waals surface area (Å²) in [5.74, 6) is 0.237. The zero-order valence-corrected chi connectivity index (χ0v) is 24.2. The maximum Gasteiger partial charge on any atom is 0.133 e. The molecule has 3 aromatic carbocycles. The van der Waals surface area contributed by atoms with E-state index in [-0.39, 0.29) is 23.6 Å². The quantitative estimate of drug-likeness (QED) is 0.141. The number of aromatic hydroxyl groups is 2. The van der Waals surface area contributed by atoms with E-state index < -0.39 is 0 Å². The van der Waals surface area contributed by atoms with Gasteiger partial charge >= 0.3 is 0 Å². The minimum Gasteiger partial charge on any atom is -0.506 e. The number of aliphatic imine (C=N–C) groups is 2. The molecule has 8 nitrogen and oxygen atoms in total. The minimum atomic E-state index is -0.190. The second kappa shape index (κ2) is 15.9. The first-order valence-electron chi connectivity index (χ1n) is 14.3. The summed E-state index contributed by atoms with van der Waals surface area (Å²) in [6.07, 6.45) is 6.20. The molecule has 222 valence electrons. The summed E-state index contributed by atoms with van der Waals surface area (Å²) in [5.41, 5.74) is 5.53. The molecule has 0 unspecified atom stereocenters. The zero-order chi connectivity index (χ0) is 30.4.